The molecule has 2 heterocycles. The molecule has 0 aliphatic carbocycles. The number of carbonyl (C=O) groups excluding carboxylic acids is 2. The maximum atomic E-state index is 12.5. The van der Waals surface area contributed by atoms with Gasteiger partial charge in [0, 0.05) is 18.4 Å². The van der Waals surface area contributed by atoms with Gasteiger partial charge in [-0.05, 0) is 31.4 Å². The molecule has 0 unspecified atom stereocenters. The predicted octanol–water partition coefficient (Wildman–Crippen LogP) is 1.70. The van der Waals surface area contributed by atoms with Crippen molar-refractivity contribution in [3.05, 3.63) is 17.7 Å². The van der Waals surface area contributed by atoms with E-state index in [2.05, 4.69) is 5.32 Å². The van der Waals surface area contributed by atoms with Crippen molar-refractivity contribution in [3.8, 4) is 11.5 Å². The molecule has 2 atom stereocenters. The van der Waals surface area contributed by atoms with Crippen molar-refractivity contribution in [3.63, 3.8) is 0 Å². The van der Waals surface area contributed by atoms with E-state index in [4.69, 9.17) is 23.7 Å². The van der Waals surface area contributed by atoms with Crippen LogP contribution >= 0.6 is 0 Å². The highest BCUT2D eigenvalue weighted by Gasteiger charge is 2.23. The van der Waals surface area contributed by atoms with Crippen LogP contribution in [0.1, 0.15) is 25.3 Å². The molecule has 3 rings (SSSR count). The molecule has 8 nitrogen and oxygen atoms in total. The van der Waals surface area contributed by atoms with Gasteiger partial charge in [0.25, 0.3) is 5.91 Å². The monoisotopic (exact) mass is 379 g/mol. The third-order valence-corrected chi connectivity index (χ3v) is 4.51. The summed E-state index contributed by atoms with van der Waals surface area (Å²) in [6.07, 6.45) is 1.36. The van der Waals surface area contributed by atoms with Crippen LogP contribution in [0.4, 0.5) is 5.69 Å². The summed E-state index contributed by atoms with van der Waals surface area (Å²) in [6.45, 7) is 3.66. The Morgan fingerprint density at radius 3 is 2.63 bits per heavy atom. The van der Waals surface area contributed by atoms with Crippen LogP contribution in [0.3, 0.4) is 0 Å². The summed E-state index contributed by atoms with van der Waals surface area (Å²) in [4.78, 5) is 24.3. The van der Waals surface area contributed by atoms with E-state index in [0.717, 1.165) is 19.4 Å². The smallest absolute Gasteiger partial charge is 0.310 e. The minimum absolute atomic E-state index is 0.00784. The summed E-state index contributed by atoms with van der Waals surface area (Å²) in [5.74, 6) is 0.347. The van der Waals surface area contributed by atoms with Gasteiger partial charge >= 0.3 is 5.97 Å². The Bertz CT molecular complexity index is 685. The highest BCUT2D eigenvalue weighted by atomic mass is 16.6. The van der Waals surface area contributed by atoms with Crippen LogP contribution in [0, 0.1) is 0 Å². The third-order valence-electron chi connectivity index (χ3n) is 4.51. The molecular formula is C19H25NO7. The first kappa shape index (κ1) is 19.4. The molecule has 0 spiro atoms. The van der Waals surface area contributed by atoms with Gasteiger partial charge in [-0.3, -0.25) is 9.59 Å². The molecule has 27 heavy (non-hydrogen) atoms. The van der Waals surface area contributed by atoms with Crippen molar-refractivity contribution >= 4 is 17.6 Å². The van der Waals surface area contributed by atoms with E-state index in [0.29, 0.717) is 42.6 Å². The normalized spacial score (nSPS) is 19.4. The lowest BCUT2D eigenvalue weighted by molar-refractivity contribution is -0.139. The second kappa shape index (κ2) is 9.05. The van der Waals surface area contributed by atoms with E-state index >= 15 is 0 Å². The fourth-order valence-corrected chi connectivity index (χ4v) is 2.96. The summed E-state index contributed by atoms with van der Waals surface area (Å²) in [5.41, 5.74) is 1.06. The maximum absolute atomic E-state index is 12.5. The fraction of sp³-hybridized carbons (Fsp3) is 0.579. The molecular weight excluding hydrogens is 354 g/mol. The molecule has 1 aromatic rings. The van der Waals surface area contributed by atoms with Crippen LogP contribution < -0.4 is 14.8 Å². The molecule has 0 saturated carbocycles. The minimum Gasteiger partial charge on any atom is -0.486 e. The first-order chi connectivity index (χ1) is 13.1. The summed E-state index contributed by atoms with van der Waals surface area (Å²) in [7, 11) is 1.32. The number of amides is 1. The molecule has 2 aliphatic rings. The molecule has 1 aromatic carbocycles. The van der Waals surface area contributed by atoms with Crippen molar-refractivity contribution in [1.82, 2.24) is 0 Å². The summed E-state index contributed by atoms with van der Waals surface area (Å²) < 4.78 is 27.0. The molecule has 1 N–H and O–H groups in total. The van der Waals surface area contributed by atoms with Crippen LogP contribution in [-0.2, 0) is 30.2 Å². The summed E-state index contributed by atoms with van der Waals surface area (Å²) in [6, 6.07) is 3.36. The zero-order chi connectivity index (χ0) is 19.2. The lowest BCUT2D eigenvalue weighted by Gasteiger charge is -2.22. The number of rotatable bonds is 7. The van der Waals surface area contributed by atoms with E-state index in [9.17, 15) is 9.59 Å². The third kappa shape index (κ3) is 5.11. The second-order valence-electron chi connectivity index (χ2n) is 6.51. The molecule has 2 aliphatic heterocycles. The Hall–Kier alpha value is -2.32. The number of fused-ring (bicyclic) bond motifs is 1. The number of benzene rings is 1. The quantitative estimate of drug-likeness (QED) is 0.721. The lowest BCUT2D eigenvalue weighted by Crippen LogP contribution is -2.31. The van der Waals surface area contributed by atoms with Crippen LogP contribution in [0.5, 0.6) is 11.5 Å². The average Bonchev–Trinajstić information content (AvgIpc) is 3.19. The van der Waals surface area contributed by atoms with Gasteiger partial charge in [-0.1, -0.05) is 0 Å². The number of hydrogen-bond acceptors (Lipinski definition) is 7. The topological polar surface area (TPSA) is 92.3 Å². The SMILES string of the molecule is COC(=O)Cc1cc2c(cc1NC(=O)[C@H](C)OC[C@@H]1CCCO1)OCCO2. The Balaban J connectivity index is 1.69. The molecule has 148 valence electrons. The first-order valence-electron chi connectivity index (χ1n) is 9.10. The van der Waals surface area contributed by atoms with Crippen LogP contribution in [-0.4, -0.2) is 57.6 Å². The molecule has 0 radical (unpaired) electrons. The van der Waals surface area contributed by atoms with E-state index in [1.165, 1.54) is 7.11 Å². The van der Waals surface area contributed by atoms with Crippen LogP contribution in [0.2, 0.25) is 0 Å². The molecule has 1 fully saturated rings. The van der Waals surface area contributed by atoms with Gasteiger partial charge in [-0.2, -0.15) is 0 Å². The van der Waals surface area contributed by atoms with Gasteiger partial charge < -0.3 is 29.0 Å². The Labute approximate surface area is 158 Å². The molecule has 8 heteroatoms. The van der Waals surface area contributed by atoms with Crippen molar-refractivity contribution in [2.24, 2.45) is 0 Å². The number of hydrogen-bond donors (Lipinski definition) is 1. The first-order valence-corrected chi connectivity index (χ1v) is 9.10. The van der Waals surface area contributed by atoms with E-state index in [1.807, 2.05) is 0 Å². The fourth-order valence-electron chi connectivity index (χ4n) is 2.96. The van der Waals surface area contributed by atoms with Crippen molar-refractivity contribution < 1.29 is 33.3 Å². The molecule has 0 bridgehead atoms. The van der Waals surface area contributed by atoms with E-state index < -0.39 is 12.1 Å². The lowest BCUT2D eigenvalue weighted by atomic mass is 10.1. The van der Waals surface area contributed by atoms with Gasteiger partial charge in [0.05, 0.1) is 26.2 Å². The zero-order valence-corrected chi connectivity index (χ0v) is 15.6. The standard InChI is InChI=1S/C19H25NO7/c1-12(27-11-14-4-3-5-24-14)19(22)20-15-10-17-16(25-6-7-26-17)8-13(15)9-18(21)23-2/h8,10,12,14H,3-7,9,11H2,1-2H3,(H,20,22)/t12-,14-/m0/s1. The number of nitrogens with one attached hydrogen (secondary N) is 1. The largest absolute Gasteiger partial charge is 0.486 e. The predicted molar refractivity (Wildman–Crippen MR) is 96.2 cm³/mol. The van der Waals surface area contributed by atoms with Gasteiger partial charge in [0.2, 0.25) is 0 Å². The van der Waals surface area contributed by atoms with Crippen molar-refractivity contribution in [2.75, 3.05) is 38.9 Å². The van der Waals surface area contributed by atoms with Crippen molar-refractivity contribution in [2.45, 2.75) is 38.4 Å². The minimum atomic E-state index is -0.659. The zero-order valence-electron chi connectivity index (χ0n) is 15.6. The number of esters is 1. The van der Waals surface area contributed by atoms with E-state index in [-0.39, 0.29) is 18.4 Å². The maximum Gasteiger partial charge on any atom is 0.310 e. The average molecular weight is 379 g/mol. The highest BCUT2D eigenvalue weighted by Crippen LogP contribution is 2.36. The van der Waals surface area contributed by atoms with Crippen LogP contribution in [0.25, 0.3) is 0 Å². The number of methoxy groups -OCH3 is 1. The van der Waals surface area contributed by atoms with Crippen molar-refractivity contribution in [1.29, 1.82) is 0 Å². The highest BCUT2D eigenvalue weighted by molar-refractivity contribution is 5.95. The summed E-state index contributed by atoms with van der Waals surface area (Å²) >= 11 is 0. The van der Waals surface area contributed by atoms with Gasteiger partial charge in [-0.15, -0.1) is 0 Å². The summed E-state index contributed by atoms with van der Waals surface area (Å²) in [5, 5.41) is 2.82. The molecule has 1 saturated heterocycles. The molecule has 1 amide bonds. The van der Waals surface area contributed by atoms with E-state index in [1.54, 1.807) is 19.1 Å². The van der Waals surface area contributed by atoms with Gasteiger partial charge in [-0.25, -0.2) is 0 Å². The number of anilines is 1. The number of ether oxygens (including phenoxy) is 5. The van der Waals surface area contributed by atoms with Gasteiger partial charge in [0.15, 0.2) is 11.5 Å². The molecule has 0 aromatic heterocycles. The Kier molecular flexibility index (Phi) is 6.52. The Morgan fingerprint density at radius 2 is 1.96 bits per heavy atom. The second-order valence-corrected chi connectivity index (χ2v) is 6.51. The van der Waals surface area contributed by atoms with Gasteiger partial charge in [0.1, 0.15) is 19.3 Å². The number of carbonyl (C=O) groups is 2. The van der Waals surface area contributed by atoms with Crippen LogP contribution in [0.15, 0.2) is 12.1 Å². The Morgan fingerprint density at radius 1 is 1.22 bits per heavy atom.